The zero-order valence-electron chi connectivity index (χ0n) is 11.5. The summed E-state index contributed by atoms with van der Waals surface area (Å²) in [5, 5.41) is 3.14. The number of aryl methyl sites for hydroxylation is 1. The van der Waals surface area contributed by atoms with Crippen LogP contribution in [-0.2, 0) is 11.8 Å². The van der Waals surface area contributed by atoms with Gasteiger partial charge in [0.2, 0.25) is 0 Å². The largest absolute Gasteiger partial charge is 0.373 e. The normalized spacial score (nSPS) is 16.1. The van der Waals surface area contributed by atoms with Crippen LogP contribution >= 0.6 is 0 Å². The summed E-state index contributed by atoms with van der Waals surface area (Å²) in [6.07, 6.45) is 3.23. The van der Waals surface area contributed by atoms with Crippen molar-refractivity contribution < 1.29 is 0 Å². The lowest BCUT2D eigenvalue weighted by molar-refractivity contribution is 0.742. The van der Waals surface area contributed by atoms with Gasteiger partial charge in [0.1, 0.15) is 11.6 Å². The zero-order chi connectivity index (χ0) is 13.3. The predicted octanol–water partition coefficient (Wildman–Crippen LogP) is 3.16. The van der Waals surface area contributed by atoms with Crippen LogP contribution in [0.2, 0.25) is 0 Å². The average molecular weight is 253 g/mol. The molecule has 0 unspecified atom stereocenters. The molecule has 2 aromatic rings. The Morgan fingerprint density at radius 3 is 2.47 bits per heavy atom. The molecule has 1 saturated carbocycles. The minimum Gasteiger partial charge on any atom is -0.373 e. The molecule has 1 fully saturated rings. The predicted molar refractivity (Wildman–Crippen MR) is 77.4 cm³/mol. The highest BCUT2D eigenvalue weighted by molar-refractivity contribution is 5.43. The van der Waals surface area contributed by atoms with E-state index in [1.54, 1.807) is 0 Å². The molecular formula is C16H19N3. The van der Waals surface area contributed by atoms with Gasteiger partial charge in [-0.05, 0) is 24.8 Å². The van der Waals surface area contributed by atoms with Gasteiger partial charge in [0, 0.05) is 18.8 Å². The van der Waals surface area contributed by atoms with Gasteiger partial charge in [-0.1, -0.05) is 37.3 Å². The summed E-state index contributed by atoms with van der Waals surface area (Å²) in [7, 11) is 1.91. The fourth-order valence-corrected chi connectivity index (χ4v) is 2.54. The van der Waals surface area contributed by atoms with E-state index in [2.05, 4.69) is 47.6 Å². The molecule has 0 saturated heterocycles. The van der Waals surface area contributed by atoms with Crippen LogP contribution in [0.1, 0.15) is 36.8 Å². The van der Waals surface area contributed by atoms with E-state index in [9.17, 15) is 0 Å². The van der Waals surface area contributed by atoms with Crippen molar-refractivity contribution in [2.24, 2.45) is 0 Å². The Morgan fingerprint density at radius 1 is 1.16 bits per heavy atom. The minimum atomic E-state index is 0.0536. The first-order chi connectivity index (χ1) is 9.28. The molecule has 1 heterocycles. The zero-order valence-corrected chi connectivity index (χ0v) is 11.5. The van der Waals surface area contributed by atoms with Crippen molar-refractivity contribution in [3.05, 3.63) is 53.5 Å². The fraction of sp³-hybridized carbons (Fsp3) is 0.375. The van der Waals surface area contributed by atoms with E-state index in [0.717, 1.165) is 36.6 Å². The molecule has 0 atom stereocenters. The summed E-state index contributed by atoms with van der Waals surface area (Å²) in [5.41, 5.74) is 2.50. The number of hydrogen-bond donors (Lipinski definition) is 1. The molecule has 0 radical (unpaired) electrons. The van der Waals surface area contributed by atoms with Crippen molar-refractivity contribution in [2.75, 3.05) is 12.4 Å². The van der Waals surface area contributed by atoms with Gasteiger partial charge in [0.15, 0.2) is 0 Å². The third-order valence-corrected chi connectivity index (χ3v) is 3.90. The molecule has 3 nitrogen and oxygen atoms in total. The van der Waals surface area contributed by atoms with Gasteiger partial charge in [0.25, 0.3) is 0 Å². The molecule has 3 rings (SSSR count). The number of nitrogens with zero attached hydrogens (tertiary/aromatic N) is 2. The van der Waals surface area contributed by atoms with E-state index in [1.807, 2.05) is 13.1 Å². The van der Waals surface area contributed by atoms with Gasteiger partial charge in [-0.3, -0.25) is 0 Å². The molecule has 1 aliphatic carbocycles. The molecule has 1 aromatic carbocycles. The van der Waals surface area contributed by atoms with Crippen LogP contribution in [0.15, 0.2) is 36.4 Å². The third kappa shape index (κ3) is 2.09. The van der Waals surface area contributed by atoms with Crippen LogP contribution in [0.5, 0.6) is 0 Å². The molecule has 1 aliphatic rings. The number of benzene rings is 1. The quantitative estimate of drug-likeness (QED) is 0.909. The maximum Gasteiger partial charge on any atom is 0.141 e. The molecule has 0 aliphatic heterocycles. The number of anilines is 1. The summed E-state index contributed by atoms with van der Waals surface area (Å²) >= 11 is 0. The van der Waals surface area contributed by atoms with Gasteiger partial charge in [0.05, 0.1) is 5.41 Å². The second kappa shape index (κ2) is 4.65. The molecular weight excluding hydrogens is 234 g/mol. The minimum absolute atomic E-state index is 0.0536. The Morgan fingerprint density at radius 2 is 1.89 bits per heavy atom. The van der Waals surface area contributed by atoms with Gasteiger partial charge in [-0.15, -0.1) is 0 Å². The first kappa shape index (κ1) is 12.2. The van der Waals surface area contributed by atoms with E-state index >= 15 is 0 Å². The molecule has 1 N–H and O–H groups in total. The maximum atomic E-state index is 4.76. The maximum absolute atomic E-state index is 4.76. The second-order valence-electron chi connectivity index (χ2n) is 5.12. The lowest BCUT2D eigenvalue weighted by atomic mass is 9.95. The molecule has 1 aromatic heterocycles. The highest BCUT2D eigenvalue weighted by atomic mass is 15.0. The van der Waals surface area contributed by atoms with Crippen LogP contribution in [-0.4, -0.2) is 17.0 Å². The average Bonchev–Trinajstić information content (AvgIpc) is 3.29. The fourth-order valence-electron chi connectivity index (χ4n) is 2.54. The first-order valence-corrected chi connectivity index (χ1v) is 6.90. The number of hydrogen-bond acceptors (Lipinski definition) is 3. The lowest BCUT2D eigenvalue weighted by Gasteiger charge is -2.16. The smallest absolute Gasteiger partial charge is 0.141 e. The van der Waals surface area contributed by atoms with Gasteiger partial charge >= 0.3 is 0 Å². The molecule has 19 heavy (non-hydrogen) atoms. The molecule has 3 heteroatoms. The third-order valence-electron chi connectivity index (χ3n) is 3.90. The first-order valence-electron chi connectivity index (χ1n) is 6.90. The molecule has 0 bridgehead atoms. The van der Waals surface area contributed by atoms with Crippen LogP contribution < -0.4 is 5.32 Å². The van der Waals surface area contributed by atoms with E-state index < -0.39 is 0 Å². The standard InChI is InChI=1S/C16H19N3/c1-3-13-11-14(17-2)19-15(18-13)16(9-10-16)12-7-5-4-6-8-12/h4-8,11H,3,9-10H2,1-2H3,(H,17,18,19). The topological polar surface area (TPSA) is 37.8 Å². The van der Waals surface area contributed by atoms with E-state index in [-0.39, 0.29) is 5.41 Å². The van der Waals surface area contributed by atoms with Gasteiger partial charge in [-0.25, -0.2) is 9.97 Å². The van der Waals surface area contributed by atoms with Crippen LogP contribution in [0, 0.1) is 0 Å². The van der Waals surface area contributed by atoms with Gasteiger partial charge in [-0.2, -0.15) is 0 Å². The van der Waals surface area contributed by atoms with E-state index in [4.69, 9.17) is 4.98 Å². The van der Waals surface area contributed by atoms with Crippen molar-refractivity contribution in [1.29, 1.82) is 0 Å². The van der Waals surface area contributed by atoms with Crippen LogP contribution in [0.25, 0.3) is 0 Å². The van der Waals surface area contributed by atoms with Gasteiger partial charge < -0.3 is 5.32 Å². The Bertz CT molecular complexity index is 552. The highest BCUT2D eigenvalue weighted by Crippen LogP contribution is 2.52. The summed E-state index contributed by atoms with van der Waals surface area (Å²) in [6, 6.07) is 12.7. The Labute approximate surface area is 114 Å². The Kier molecular flexibility index (Phi) is 2.97. The van der Waals surface area contributed by atoms with Crippen molar-refractivity contribution in [2.45, 2.75) is 31.6 Å². The summed E-state index contributed by atoms with van der Waals surface area (Å²) in [6.45, 7) is 2.13. The van der Waals surface area contributed by atoms with Crippen molar-refractivity contribution in [3.63, 3.8) is 0 Å². The summed E-state index contributed by atoms with van der Waals surface area (Å²) in [4.78, 5) is 9.45. The monoisotopic (exact) mass is 253 g/mol. The van der Waals surface area contributed by atoms with Crippen molar-refractivity contribution >= 4 is 5.82 Å². The molecule has 98 valence electrons. The van der Waals surface area contributed by atoms with Crippen molar-refractivity contribution in [1.82, 2.24) is 9.97 Å². The van der Waals surface area contributed by atoms with E-state index in [1.165, 1.54) is 5.56 Å². The Balaban J connectivity index is 2.07. The summed E-state index contributed by atoms with van der Waals surface area (Å²) < 4.78 is 0. The highest BCUT2D eigenvalue weighted by Gasteiger charge is 2.48. The van der Waals surface area contributed by atoms with Crippen LogP contribution in [0.4, 0.5) is 5.82 Å². The van der Waals surface area contributed by atoms with Crippen molar-refractivity contribution in [3.8, 4) is 0 Å². The molecule has 0 amide bonds. The lowest BCUT2D eigenvalue weighted by Crippen LogP contribution is -2.15. The number of rotatable bonds is 4. The second-order valence-corrected chi connectivity index (χ2v) is 5.12. The van der Waals surface area contributed by atoms with E-state index in [0.29, 0.717) is 0 Å². The summed E-state index contributed by atoms with van der Waals surface area (Å²) in [5.74, 6) is 1.89. The van der Waals surface area contributed by atoms with Crippen LogP contribution in [0.3, 0.4) is 0 Å². The molecule has 0 spiro atoms. The Hall–Kier alpha value is -1.90. The SMILES string of the molecule is CCc1cc(NC)nc(C2(c3ccccc3)CC2)n1. The number of aromatic nitrogens is 2. The number of nitrogens with one attached hydrogen (secondary N) is 1.